The molecule has 0 nitrogen and oxygen atoms in total. The largest absolute Gasteiger partial charge is 0.278 e. The molecule has 0 amide bonds. The van der Waals surface area contributed by atoms with E-state index in [2.05, 4.69) is 0 Å². The number of rotatable bonds is 2. The van der Waals surface area contributed by atoms with Crippen LogP contribution in [0.4, 0.5) is 17.6 Å². The highest BCUT2D eigenvalue weighted by molar-refractivity contribution is 5.25. The van der Waals surface area contributed by atoms with Gasteiger partial charge in [0.15, 0.2) is 0 Å². The predicted octanol–water partition coefficient (Wildman–Crippen LogP) is 3.47. The molecule has 0 aromatic heterocycles. The lowest BCUT2D eigenvalue weighted by molar-refractivity contribution is -0.0320. The van der Waals surface area contributed by atoms with Gasteiger partial charge in [-0.15, -0.1) is 0 Å². The van der Waals surface area contributed by atoms with Gasteiger partial charge in [-0.25, -0.2) is 17.6 Å². The number of hydrogen-bond acceptors (Lipinski definition) is 0. The molecule has 0 heterocycles. The Morgan fingerprint density at radius 2 is 1.79 bits per heavy atom. The third-order valence-electron chi connectivity index (χ3n) is 2.38. The minimum absolute atomic E-state index is 0.378. The quantitative estimate of drug-likeness (QED) is 0.647. The Balaban J connectivity index is 2.43. The Bertz CT molecular complexity index is 355. The standard InChI is InChI=1S/C10H8F4/c11-7-3-4-9(12)8(5-7)10(13,14)6-1-2-6/h3-6H,1-2H2. The normalized spacial score (nSPS) is 17.1. The second kappa shape index (κ2) is 2.97. The molecule has 14 heavy (non-hydrogen) atoms. The lowest BCUT2D eigenvalue weighted by Gasteiger charge is -2.16. The van der Waals surface area contributed by atoms with Gasteiger partial charge < -0.3 is 0 Å². The van der Waals surface area contributed by atoms with Crippen LogP contribution in [0.3, 0.4) is 0 Å². The summed E-state index contributed by atoms with van der Waals surface area (Å²) < 4.78 is 52.4. The van der Waals surface area contributed by atoms with E-state index >= 15 is 0 Å². The first-order valence-electron chi connectivity index (χ1n) is 4.35. The molecule has 0 N–H and O–H groups in total. The molecule has 0 aliphatic heterocycles. The average Bonchev–Trinajstić information content (AvgIpc) is 2.91. The van der Waals surface area contributed by atoms with Crippen molar-refractivity contribution in [1.82, 2.24) is 0 Å². The Hall–Kier alpha value is -1.06. The van der Waals surface area contributed by atoms with Crippen LogP contribution in [0.25, 0.3) is 0 Å². The fourth-order valence-electron chi connectivity index (χ4n) is 1.42. The highest BCUT2D eigenvalue weighted by Gasteiger charge is 2.49. The molecule has 1 aliphatic rings. The highest BCUT2D eigenvalue weighted by Crippen LogP contribution is 2.50. The van der Waals surface area contributed by atoms with Crippen molar-refractivity contribution >= 4 is 0 Å². The number of hydrogen-bond donors (Lipinski definition) is 0. The Labute approximate surface area is 78.5 Å². The second-order valence-corrected chi connectivity index (χ2v) is 3.52. The molecule has 1 saturated carbocycles. The van der Waals surface area contributed by atoms with Crippen LogP contribution in [0.5, 0.6) is 0 Å². The number of halogens is 4. The predicted molar refractivity (Wildman–Crippen MR) is 43.0 cm³/mol. The van der Waals surface area contributed by atoms with Crippen LogP contribution in [0.1, 0.15) is 18.4 Å². The van der Waals surface area contributed by atoms with Gasteiger partial charge in [-0.3, -0.25) is 0 Å². The molecule has 0 spiro atoms. The summed E-state index contributed by atoms with van der Waals surface area (Å²) in [5, 5.41) is 0. The van der Waals surface area contributed by atoms with E-state index in [-0.39, 0.29) is 0 Å². The van der Waals surface area contributed by atoms with E-state index < -0.39 is 29.0 Å². The molecule has 1 fully saturated rings. The van der Waals surface area contributed by atoms with Crippen molar-refractivity contribution in [3.8, 4) is 0 Å². The summed E-state index contributed by atoms with van der Waals surface area (Å²) in [5.74, 6) is -5.92. The van der Waals surface area contributed by atoms with Crippen LogP contribution >= 0.6 is 0 Å². The number of benzene rings is 1. The van der Waals surface area contributed by atoms with Gasteiger partial charge in [-0.05, 0) is 31.0 Å². The van der Waals surface area contributed by atoms with Crippen LogP contribution in [0.15, 0.2) is 18.2 Å². The van der Waals surface area contributed by atoms with Gasteiger partial charge in [0.05, 0.1) is 5.56 Å². The van der Waals surface area contributed by atoms with Crippen LogP contribution in [-0.2, 0) is 5.92 Å². The van der Waals surface area contributed by atoms with Gasteiger partial charge in [-0.2, -0.15) is 0 Å². The van der Waals surface area contributed by atoms with Gasteiger partial charge in [0.2, 0.25) is 0 Å². The molecule has 0 radical (unpaired) electrons. The lowest BCUT2D eigenvalue weighted by Crippen LogP contribution is -2.18. The van der Waals surface area contributed by atoms with Gasteiger partial charge in [0.1, 0.15) is 11.6 Å². The van der Waals surface area contributed by atoms with E-state index in [0.717, 1.165) is 12.1 Å². The van der Waals surface area contributed by atoms with E-state index in [4.69, 9.17) is 0 Å². The molecule has 0 unspecified atom stereocenters. The molecular formula is C10H8F4. The number of alkyl halides is 2. The topological polar surface area (TPSA) is 0 Å². The first-order chi connectivity index (χ1) is 6.51. The Morgan fingerprint density at radius 3 is 2.36 bits per heavy atom. The van der Waals surface area contributed by atoms with Gasteiger partial charge in [0, 0.05) is 5.92 Å². The van der Waals surface area contributed by atoms with Crippen LogP contribution in [0, 0.1) is 17.6 Å². The second-order valence-electron chi connectivity index (χ2n) is 3.52. The monoisotopic (exact) mass is 204 g/mol. The third-order valence-corrected chi connectivity index (χ3v) is 2.38. The molecule has 0 bridgehead atoms. The zero-order valence-electron chi connectivity index (χ0n) is 7.24. The van der Waals surface area contributed by atoms with Gasteiger partial charge in [-0.1, -0.05) is 0 Å². The van der Waals surface area contributed by atoms with Gasteiger partial charge in [0.25, 0.3) is 5.92 Å². The summed E-state index contributed by atoms with van der Waals surface area (Å²) in [6, 6.07) is 2.15. The minimum Gasteiger partial charge on any atom is -0.207 e. The molecule has 0 saturated heterocycles. The van der Waals surface area contributed by atoms with Crippen LogP contribution in [0.2, 0.25) is 0 Å². The third kappa shape index (κ3) is 1.49. The summed E-state index contributed by atoms with van der Waals surface area (Å²) in [7, 11) is 0. The zero-order chi connectivity index (χ0) is 10.3. The van der Waals surface area contributed by atoms with Crippen molar-refractivity contribution < 1.29 is 17.6 Å². The molecule has 4 heteroatoms. The van der Waals surface area contributed by atoms with Crippen LogP contribution in [-0.4, -0.2) is 0 Å². The maximum atomic E-state index is 13.4. The molecule has 76 valence electrons. The molecule has 1 aliphatic carbocycles. The first kappa shape index (κ1) is 9.49. The molecule has 2 rings (SSSR count). The van der Waals surface area contributed by atoms with Crippen molar-refractivity contribution in [2.45, 2.75) is 18.8 Å². The molecule has 1 aromatic rings. The van der Waals surface area contributed by atoms with Crippen molar-refractivity contribution in [2.24, 2.45) is 5.92 Å². The zero-order valence-corrected chi connectivity index (χ0v) is 7.24. The average molecular weight is 204 g/mol. The van der Waals surface area contributed by atoms with Crippen molar-refractivity contribution in [3.05, 3.63) is 35.4 Å². The fraction of sp³-hybridized carbons (Fsp3) is 0.400. The summed E-state index contributed by atoms with van der Waals surface area (Å²) in [6.07, 6.45) is 0.756. The highest BCUT2D eigenvalue weighted by atomic mass is 19.3. The summed E-state index contributed by atoms with van der Waals surface area (Å²) >= 11 is 0. The van der Waals surface area contributed by atoms with E-state index in [1.54, 1.807) is 0 Å². The van der Waals surface area contributed by atoms with E-state index in [0.29, 0.717) is 18.9 Å². The van der Waals surface area contributed by atoms with Crippen LogP contribution < -0.4 is 0 Å². The van der Waals surface area contributed by atoms with E-state index in [1.807, 2.05) is 0 Å². The summed E-state index contributed by atoms with van der Waals surface area (Å²) in [5.41, 5.74) is -0.819. The molecular weight excluding hydrogens is 196 g/mol. The minimum atomic E-state index is -3.23. The van der Waals surface area contributed by atoms with Crippen molar-refractivity contribution in [1.29, 1.82) is 0 Å². The van der Waals surface area contributed by atoms with E-state index in [9.17, 15) is 17.6 Å². The fourth-order valence-corrected chi connectivity index (χ4v) is 1.42. The van der Waals surface area contributed by atoms with Gasteiger partial charge >= 0.3 is 0 Å². The molecule has 1 aromatic carbocycles. The maximum absolute atomic E-state index is 13.4. The summed E-state index contributed by atoms with van der Waals surface area (Å²) in [4.78, 5) is 0. The maximum Gasteiger partial charge on any atom is 0.278 e. The Morgan fingerprint density at radius 1 is 1.14 bits per heavy atom. The van der Waals surface area contributed by atoms with Crippen molar-refractivity contribution in [3.63, 3.8) is 0 Å². The first-order valence-corrected chi connectivity index (χ1v) is 4.35. The smallest absolute Gasteiger partial charge is 0.207 e. The van der Waals surface area contributed by atoms with Crippen molar-refractivity contribution in [2.75, 3.05) is 0 Å². The lowest BCUT2D eigenvalue weighted by atomic mass is 10.0. The molecule has 0 atom stereocenters. The Kier molecular flexibility index (Phi) is 2.01. The summed E-state index contributed by atoms with van der Waals surface area (Å²) in [6.45, 7) is 0. The SMILES string of the molecule is Fc1ccc(F)c(C(F)(F)C2CC2)c1. The van der Waals surface area contributed by atoms with E-state index in [1.165, 1.54) is 0 Å².